The molecule has 0 saturated heterocycles. The molecule has 17 heavy (non-hydrogen) atoms. The largest absolute Gasteiger partial charge is 0.468 e. The Kier molecular flexibility index (Phi) is 6.72. The van der Waals surface area contributed by atoms with Gasteiger partial charge in [-0.3, -0.25) is 10.1 Å². The standard InChI is InChI=1S/C13H28N2O2/c1-8-15(6)11(4)9-13(5,12(16)17-7)14-10(2)3/h10-11,14H,8-9H2,1-7H3. The second-order valence-corrected chi connectivity index (χ2v) is 5.25. The van der Waals surface area contributed by atoms with Crippen molar-refractivity contribution in [2.24, 2.45) is 0 Å². The van der Waals surface area contributed by atoms with E-state index in [0.29, 0.717) is 6.04 Å². The van der Waals surface area contributed by atoms with Crippen molar-refractivity contribution in [3.8, 4) is 0 Å². The number of carbonyl (C=O) groups is 1. The van der Waals surface area contributed by atoms with Crippen LogP contribution in [0.25, 0.3) is 0 Å². The van der Waals surface area contributed by atoms with E-state index < -0.39 is 5.54 Å². The molecule has 0 rings (SSSR count). The highest BCUT2D eigenvalue weighted by molar-refractivity contribution is 5.80. The second kappa shape index (κ2) is 6.97. The van der Waals surface area contributed by atoms with Crippen molar-refractivity contribution in [2.75, 3.05) is 20.7 Å². The first-order chi connectivity index (χ1) is 7.76. The highest BCUT2D eigenvalue weighted by atomic mass is 16.5. The van der Waals surface area contributed by atoms with Crippen LogP contribution in [0.2, 0.25) is 0 Å². The van der Waals surface area contributed by atoms with Crippen LogP contribution in [0.1, 0.15) is 41.0 Å². The summed E-state index contributed by atoms with van der Waals surface area (Å²) in [6.07, 6.45) is 0.738. The highest BCUT2D eigenvalue weighted by Crippen LogP contribution is 2.18. The molecule has 0 aliphatic heterocycles. The SMILES string of the molecule is CCN(C)C(C)CC(C)(NC(C)C)C(=O)OC. The molecule has 0 spiro atoms. The average molecular weight is 244 g/mol. The van der Waals surface area contributed by atoms with E-state index in [2.05, 4.69) is 31.1 Å². The van der Waals surface area contributed by atoms with Crippen molar-refractivity contribution >= 4 is 5.97 Å². The molecule has 0 amide bonds. The second-order valence-electron chi connectivity index (χ2n) is 5.25. The summed E-state index contributed by atoms with van der Waals surface area (Å²) in [6.45, 7) is 11.2. The van der Waals surface area contributed by atoms with E-state index in [0.717, 1.165) is 13.0 Å². The van der Waals surface area contributed by atoms with Crippen molar-refractivity contribution in [1.82, 2.24) is 10.2 Å². The summed E-state index contributed by atoms with van der Waals surface area (Å²) in [7, 11) is 3.51. The summed E-state index contributed by atoms with van der Waals surface area (Å²) >= 11 is 0. The van der Waals surface area contributed by atoms with Crippen LogP contribution in [0, 0.1) is 0 Å². The van der Waals surface area contributed by atoms with E-state index in [4.69, 9.17) is 4.74 Å². The van der Waals surface area contributed by atoms with Crippen molar-refractivity contribution in [2.45, 2.75) is 58.7 Å². The predicted molar refractivity (Wildman–Crippen MR) is 71.1 cm³/mol. The van der Waals surface area contributed by atoms with Gasteiger partial charge < -0.3 is 9.64 Å². The van der Waals surface area contributed by atoms with Crippen LogP contribution in [-0.2, 0) is 9.53 Å². The zero-order valence-corrected chi connectivity index (χ0v) is 12.3. The van der Waals surface area contributed by atoms with Crippen LogP contribution in [-0.4, -0.2) is 49.2 Å². The minimum Gasteiger partial charge on any atom is -0.468 e. The van der Waals surface area contributed by atoms with Gasteiger partial charge in [-0.25, -0.2) is 0 Å². The number of methoxy groups -OCH3 is 1. The number of hydrogen-bond acceptors (Lipinski definition) is 4. The Bertz CT molecular complexity index is 244. The van der Waals surface area contributed by atoms with Crippen LogP contribution >= 0.6 is 0 Å². The molecule has 4 nitrogen and oxygen atoms in total. The van der Waals surface area contributed by atoms with Crippen molar-refractivity contribution in [3.63, 3.8) is 0 Å². The number of nitrogens with one attached hydrogen (secondary N) is 1. The van der Waals surface area contributed by atoms with Gasteiger partial charge in [0.25, 0.3) is 0 Å². The number of ether oxygens (including phenoxy) is 1. The first-order valence-corrected chi connectivity index (χ1v) is 6.33. The molecule has 2 unspecified atom stereocenters. The third-order valence-corrected chi connectivity index (χ3v) is 3.20. The first kappa shape index (κ1) is 16.4. The molecule has 0 bridgehead atoms. The number of nitrogens with zero attached hydrogens (tertiary/aromatic N) is 1. The third-order valence-electron chi connectivity index (χ3n) is 3.20. The van der Waals surface area contributed by atoms with Gasteiger partial charge in [-0.15, -0.1) is 0 Å². The topological polar surface area (TPSA) is 41.6 Å². The molecule has 102 valence electrons. The normalized spacial score (nSPS) is 17.0. The van der Waals surface area contributed by atoms with Crippen LogP contribution in [0.5, 0.6) is 0 Å². The molecule has 1 N–H and O–H groups in total. The van der Waals surface area contributed by atoms with E-state index in [1.54, 1.807) is 0 Å². The lowest BCUT2D eigenvalue weighted by atomic mass is 9.92. The Morgan fingerprint density at radius 1 is 1.41 bits per heavy atom. The summed E-state index contributed by atoms with van der Waals surface area (Å²) in [5, 5.41) is 3.32. The van der Waals surface area contributed by atoms with Gasteiger partial charge in [0.2, 0.25) is 0 Å². The van der Waals surface area contributed by atoms with E-state index in [9.17, 15) is 4.79 Å². The predicted octanol–water partition coefficient (Wildman–Crippen LogP) is 1.65. The summed E-state index contributed by atoms with van der Waals surface area (Å²) in [4.78, 5) is 14.1. The van der Waals surface area contributed by atoms with Gasteiger partial charge in [0.05, 0.1) is 7.11 Å². The molecular formula is C13H28N2O2. The molecule has 0 aliphatic rings. The molecule has 0 aromatic carbocycles. The lowest BCUT2D eigenvalue weighted by Crippen LogP contribution is -2.55. The number of rotatable bonds is 7. The van der Waals surface area contributed by atoms with Gasteiger partial charge in [0.1, 0.15) is 5.54 Å². The van der Waals surface area contributed by atoms with Crippen molar-refractivity contribution in [3.05, 3.63) is 0 Å². The number of carbonyl (C=O) groups excluding carboxylic acids is 1. The smallest absolute Gasteiger partial charge is 0.325 e. The summed E-state index contributed by atoms with van der Waals surface area (Å²) in [5.74, 6) is -0.192. The van der Waals surface area contributed by atoms with Crippen LogP contribution in [0.3, 0.4) is 0 Å². The maximum Gasteiger partial charge on any atom is 0.325 e. The lowest BCUT2D eigenvalue weighted by Gasteiger charge is -2.35. The third kappa shape index (κ3) is 5.04. The molecule has 0 aromatic rings. The minimum atomic E-state index is -0.619. The molecule has 0 aliphatic carbocycles. The molecule has 0 fully saturated rings. The van der Waals surface area contributed by atoms with E-state index in [1.165, 1.54) is 7.11 Å². The highest BCUT2D eigenvalue weighted by Gasteiger charge is 2.36. The van der Waals surface area contributed by atoms with E-state index in [1.807, 2.05) is 20.8 Å². The van der Waals surface area contributed by atoms with E-state index >= 15 is 0 Å². The quantitative estimate of drug-likeness (QED) is 0.691. The maximum atomic E-state index is 11.9. The van der Waals surface area contributed by atoms with Crippen LogP contribution in [0.4, 0.5) is 0 Å². The Morgan fingerprint density at radius 3 is 2.29 bits per heavy atom. The van der Waals surface area contributed by atoms with Crippen molar-refractivity contribution < 1.29 is 9.53 Å². The molecular weight excluding hydrogens is 216 g/mol. The summed E-state index contributed by atoms with van der Waals surface area (Å²) in [5.41, 5.74) is -0.619. The van der Waals surface area contributed by atoms with Gasteiger partial charge in [0, 0.05) is 12.1 Å². The summed E-state index contributed by atoms with van der Waals surface area (Å²) in [6, 6.07) is 0.577. The summed E-state index contributed by atoms with van der Waals surface area (Å²) < 4.78 is 4.91. The molecule has 4 heteroatoms. The Balaban J connectivity index is 4.75. The fourth-order valence-corrected chi connectivity index (χ4v) is 2.12. The molecule has 2 atom stereocenters. The maximum absolute atomic E-state index is 11.9. The molecule has 0 radical (unpaired) electrons. The Labute approximate surface area is 106 Å². The van der Waals surface area contributed by atoms with Gasteiger partial charge in [0.15, 0.2) is 0 Å². The number of hydrogen-bond donors (Lipinski definition) is 1. The molecule has 0 heterocycles. The van der Waals surface area contributed by atoms with Crippen molar-refractivity contribution in [1.29, 1.82) is 0 Å². The number of esters is 1. The van der Waals surface area contributed by atoms with Gasteiger partial charge >= 0.3 is 5.97 Å². The zero-order valence-electron chi connectivity index (χ0n) is 12.3. The van der Waals surface area contributed by atoms with E-state index in [-0.39, 0.29) is 12.0 Å². The average Bonchev–Trinajstić information content (AvgIpc) is 2.25. The molecule has 0 aromatic heterocycles. The fourth-order valence-electron chi connectivity index (χ4n) is 2.12. The van der Waals surface area contributed by atoms with Gasteiger partial charge in [-0.2, -0.15) is 0 Å². The molecule has 0 saturated carbocycles. The first-order valence-electron chi connectivity index (χ1n) is 6.33. The Hall–Kier alpha value is -0.610. The fraction of sp³-hybridized carbons (Fsp3) is 0.923. The monoisotopic (exact) mass is 244 g/mol. The Morgan fingerprint density at radius 2 is 1.94 bits per heavy atom. The minimum absolute atomic E-state index is 0.192. The lowest BCUT2D eigenvalue weighted by molar-refractivity contribution is -0.149. The zero-order chi connectivity index (χ0) is 13.6. The van der Waals surface area contributed by atoms with Crippen LogP contribution in [0.15, 0.2) is 0 Å². The van der Waals surface area contributed by atoms with Gasteiger partial charge in [-0.1, -0.05) is 6.92 Å². The van der Waals surface area contributed by atoms with Crippen LogP contribution < -0.4 is 5.32 Å². The van der Waals surface area contributed by atoms with Gasteiger partial charge in [-0.05, 0) is 47.7 Å².